The molecule has 9 heteroatoms. The van der Waals surface area contributed by atoms with Gasteiger partial charge in [-0.3, -0.25) is 19.0 Å². The molecule has 1 atom stereocenters. The van der Waals surface area contributed by atoms with Crippen molar-refractivity contribution in [3.63, 3.8) is 0 Å². The smallest absolute Gasteiger partial charge is 0.245 e. The van der Waals surface area contributed by atoms with Gasteiger partial charge < -0.3 is 15.1 Å². The average molecular weight is 425 g/mol. The van der Waals surface area contributed by atoms with Crippen molar-refractivity contribution in [3.05, 3.63) is 42.6 Å². The standard InChI is InChI=1S/C22H28N6O3/c1-22(2)21(31)24-11-14-28(22)20(30)9-8-19(29)27-12-4-6-17(27)16-5-3-7-18(25-16)26-13-10-23-15-26/h3,5,7,10,13,15,17H,4,6,8-9,11-12,14H2,1-2H3,(H,24,31)/t17-/m0/s1. The molecule has 0 aromatic carbocycles. The Bertz CT molecular complexity index is 971. The second-order valence-electron chi connectivity index (χ2n) is 8.50. The van der Waals surface area contributed by atoms with Gasteiger partial charge in [0.1, 0.15) is 17.7 Å². The van der Waals surface area contributed by atoms with Gasteiger partial charge in [0, 0.05) is 44.9 Å². The summed E-state index contributed by atoms with van der Waals surface area (Å²) in [4.78, 5) is 50.1. The van der Waals surface area contributed by atoms with Crippen LogP contribution in [0.1, 0.15) is 51.3 Å². The van der Waals surface area contributed by atoms with Gasteiger partial charge in [-0.25, -0.2) is 9.97 Å². The first-order valence-corrected chi connectivity index (χ1v) is 10.7. The number of aromatic nitrogens is 3. The molecule has 3 amide bonds. The summed E-state index contributed by atoms with van der Waals surface area (Å²) in [5, 5.41) is 2.78. The topological polar surface area (TPSA) is 100 Å². The van der Waals surface area contributed by atoms with E-state index in [0.717, 1.165) is 24.4 Å². The number of carbonyl (C=O) groups excluding carboxylic acids is 3. The van der Waals surface area contributed by atoms with E-state index in [0.29, 0.717) is 19.6 Å². The Balaban J connectivity index is 1.41. The summed E-state index contributed by atoms with van der Waals surface area (Å²) in [5.74, 6) is 0.381. The molecule has 0 aliphatic carbocycles. The molecule has 4 heterocycles. The number of hydrogen-bond acceptors (Lipinski definition) is 5. The zero-order chi connectivity index (χ0) is 22.0. The molecule has 164 valence electrons. The zero-order valence-corrected chi connectivity index (χ0v) is 18.0. The van der Waals surface area contributed by atoms with E-state index in [1.54, 1.807) is 31.3 Å². The number of piperazine rings is 1. The third-order valence-electron chi connectivity index (χ3n) is 6.14. The zero-order valence-electron chi connectivity index (χ0n) is 18.0. The van der Waals surface area contributed by atoms with Gasteiger partial charge >= 0.3 is 0 Å². The van der Waals surface area contributed by atoms with Crippen LogP contribution in [0, 0.1) is 0 Å². The highest BCUT2D eigenvalue weighted by Crippen LogP contribution is 2.32. The van der Waals surface area contributed by atoms with E-state index in [4.69, 9.17) is 4.98 Å². The fourth-order valence-corrected chi connectivity index (χ4v) is 4.36. The van der Waals surface area contributed by atoms with Crippen LogP contribution in [0.25, 0.3) is 5.82 Å². The molecule has 2 aromatic rings. The lowest BCUT2D eigenvalue weighted by molar-refractivity contribution is -0.150. The lowest BCUT2D eigenvalue weighted by atomic mass is 9.98. The number of amides is 3. The molecule has 2 saturated heterocycles. The molecule has 2 aliphatic heterocycles. The number of carbonyl (C=O) groups is 3. The van der Waals surface area contributed by atoms with Crippen LogP contribution in [0.4, 0.5) is 0 Å². The van der Waals surface area contributed by atoms with Gasteiger partial charge in [0.05, 0.1) is 11.7 Å². The molecule has 0 unspecified atom stereocenters. The predicted molar refractivity (Wildman–Crippen MR) is 113 cm³/mol. The first-order chi connectivity index (χ1) is 14.9. The predicted octanol–water partition coefficient (Wildman–Crippen LogP) is 1.45. The third-order valence-corrected chi connectivity index (χ3v) is 6.14. The first-order valence-electron chi connectivity index (χ1n) is 10.7. The van der Waals surface area contributed by atoms with E-state index >= 15 is 0 Å². The molecular weight excluding hydrogens is 396 g/mol. The van der Waals surface area contributed by atoms with Crippen molar-refractivity contribution in [1.82, 2.24) is 29.7 Å². The van der Waals surface area contributed by atoms with Crippen LogP contribution in [0.15, 0.2) is 36.9 Å². The molecule has 0 spiro atoms. The lowest BCUT2D eigenvalue weighted by Gasteiger charge is -2.41. The van der Waals surface area contributed by atoms with E-state index in [1.807, 2.05) is 33.9 Å². The van der Waals surface area contributed by atoms with Crippen molar-refractivity contribution in [2.45, 2.75) is 51.1 Å². The summed E-state index contributed by atoms with van der Waals surface area (Å²) >= 11 is 0. The van der Waals surface area contributed by atoms with Crippen LogP contribution >= 0.6 is 0 Å². The Morgan fingerprint density at radius 1 is 1.19 bits per heavy atom. The first kappa shape index (κ1) is 21.0. The van der Waals surface area contributed by atoms with Crippen molar-refractivity contribution in [3.8, 4) is 5.82 Å². The van der Waals surface area contributed by atoms with Crippen LogP contribution in [-0.2, 0) is 14.4 Å². The van der Waals surface area contributed by atoms with Crippen LogP contribution in [0.2, 0.25) is 0 Å². The Morgan fingerprint density at radius 3 is 2.77 bits per heavy atom. The van der Waals surface area contributed by atoms with Crippen LogP contribution < -0.4 is 5.32 Å². The Hall–Kier alpha value is -3.23. The number of likely N-dealkylation sites (tertiary alicyclic amines) is 1. The Morgan fingerprint density at radius 2 is 2.00 bits per heavy atom. The number of hydrogen-bond donors (Lipinski definition) is 1. The number of imidazole rings is 1. The lowest BCUT2D eigenvalue weighted by Crippen LogP contribution is -2.63. The van der Waals surface area contributed by atoms with Crippen LogP contribution in [0.5, 0.6) is 0 Å². The number of rotatable bonds is 5. The van der Waals surface area contributed by atoms with E-state index < -0.39 is 5.54 Å². The number of pyridine rings is 1. The molecule has 2 aromatic heterocycles. The van der Waals surface area contributed by atoms with Crippen molar-refractivity contribution in [1.29, 1.82) is 0 Å². The van der Waals surface area contributed by atoms with E-state index in [2.05, 4.69) is 10.3 Å². The van der Waals surface area contributed by atoms with E-state index in [-0.39, 0.29) is 36.6 Å². The quantitative estimate of drug-likeness (QED) is 0.783. The summed E-state index contributed by atoms with van der Waals surface area (Å²) in [6.45, 7) is 5.03. The SMILES string of the molecule is CC1(C)C(=O)NCCN1C(=O)CCC(=O)N1CCC[C@H]1c1cccc(-n2ccnc2)n1. The van der Waals surface area contributed by atoms with E-state index in [1.165, 1.54) is 0 Å². The highest BCUT2D eigenvalue weighted by molar-refractivity contribution is 5.93. The molecule has 2 aliphatic rings. The van der Waals surface area contributed by atoms with Crippen LogP contribution in [-0.4, -0.2) is 67.2 Å². The summed E-state index contributed by atoms with van der Waals surface area (Å²) in [6.07, 6.45) is 7.20. The van der Waals surface area contributed by atoms with Gasteiger partial charge in [0.25, 0.3) is 0 Å². The van der Waals surface area contributed by atoms with Gasteiger partial charge in [-0.05, 0) is 38.8 Å². The normalized spacial score (nSPS) is 20.6. The minimum absolute atomic E-state index is 0.0510. The molecule has 0 bridgehead atoms. The minimum atomic E-state index is -0.897. The van der Waals surface area contributed by atoms with Gasteiger partial charge in [0.15, 0.2) is 0 Å². The minimum Gasteiger partial charge on any atom is -0.352 e. The van der Waals surface area contributed by atoms with E-state index in [9.17, 15) is 14.4 Å². The molecule has 31 heavy (non-hydrogen) atoms. The molecule has 0 saturated carbocycles. The molecule has 2 fully saturated rings. The summed E-state index contributed by atoms with van der Waals surface area (Å²) in [7, 11) is 0. The van der Waals surface area contributed by atoms with Crippen LogP contribution in [0.3, 0.4) is 0 Å². The van der Waals surface area contributed by atoms with Gasteiger partial charge in [0.2, 0.25) is 17.7 Å². The summed E-state index contributed by atoms with van der Waals surface area (Å²) in [5.41, 5.74) is -0.0519. The maximum absolute atomic E-state index is 13.0. The monoisotopic (exact) mass is 424 g/mol. The molecular formula is C22H28N6O3. The summed E-state index contributed by atoms with van der Waals surface area (Å²) in [6, 6.07) is 5.69. The highest BCUT2D eigenvalue weighted by Gasteiger charge is 2.40. The third kappa shape index (κ3) is 4.17. The fraction of sp³-hybridized carbons (Fsp3) is 0.500. The summed E-state index contributed by atoms with van der Waals surface area (Å²) < 4.78 is 1.83. The van der Waals surface area contributed by atoms with Crippen molar-refractivity contribution in [2.75, 3.05) is 19.6 Å². The number of nitrogens with zero attached hydrogens (tertiary/aromatic N) is 5. The molecule has 0 radical (unpaired) electrons. The largest absolute Gasteiger partial charge is 0.352 e. The van der Waals surface area contributed by atoms with Crippen molar-refractivity contribution in [2.24, 2.45) is 0 Å². The highest BCUT2D eigenvalue weighted by atomic mass is 16.2. The Labute approximate surface area is 181 Å². The molecule has 4 rings (SSSR count). The van der Waals surface area contributed by atoms with Crippen molar-refractivity contribution >= 4 is 17.7 Å². The molecule has 1 N–H and O–H groups in total. The Kier molecular flexibility index (Phi) is 5.75. The number of nitrogens with one attached hydrogen (secondary N) is 1. The molecule has 9 nitrogen and oxygen atoms in total. The van der Waals surface area contributed by atoms with Gasteiger partial charge in [-0.1, -0.05) is 6.07 Å². The van der Waals surface area contributed by atoms with Crippen molar-refractivity contribution < 1.29 is 14.4 Å². The second kappa shape index (κ2) is 8.49. The van der Waals surface area contributed by atoms with Gasteiger partial charge in [-0.2, -0.15) is 0 Å². The fourth-order valence-electron chi connectivity index (χ4n) is 4.36. The average Bonchev–Trinajstić information content (AvgIpc) is 3.46. The maximum Gasteiger partial charge on any atom is 0.245 e. The maximum atomic E-state index is 13.0. The second-order valence-corrected chi connectivity index (χ2v) is 8.50. The van der Waals surface area contributed by atoms with Gasteiger partial charge in [-0.15, -0.1) is 0 Å².